The number of rotatable bonds is 5. The number of aryl methyl sites for hydroxylation is 1. The van der Waals surface area contributed by atoms with Crippen LogP contribution in [0.1, 0.15) is 24.1 Å². The molecule has 1 aromatic carbocycles. The van der Waals surface area contributed by atoms with Crippen LogP contribution >= 0.6 is 11.6 Å². The maximum absolute atomic E-state index is 5.94. The number of ether oxygens (including phenoxy) is 2. The molecule has 0 fully saturated rings. The molecule has 21 heavy (non-hydrogen) atoms. The first-order chi connectivity index (χ1) is 10.0. The largest absolute Gasteiger partial charge is 0.497 e. The summed E-state index contributed by atoms with van der Waals surface area (Å²) >= 11 is 5.94. The van der Waals surface area contributed by atoms with Crippen molar-refractivity contribution < 1.29 is 9.47 Å². The molecular weight excluding hydrogens is 288 g/mol. The Hall–Kier alpha value is -1.94. The van der Waals surface area contributed by atoms with Gasteiger partial charge in [-0.1, -0.05) is 11.6 Å². The number of pyridine rings is 1. The molecule has 2 rings (SSSR count). The van der Waals surface area contributed by atoms with Gasteiger partial charge < -0.3 is 14.8 Å². The summed E-state index contributed by atoms with van der Waals surface area (Å²) < 4.78 is 10.6. The van der Waals surface area contributed by atoms with Gasteiger partial charge in [-0.25, -0.2) is 4.98 Å². The molecule has 0 radical (unpaired) electrons. The Kier molecular flexibility index (Phi) is 4.91. The van der Waals surface area contributed by atoms with Gasteiger partial charge >= 0.3 is 0 Å². The summed E-state index contributed by atoms with van der Waals surface area (Å²) in [7, 11) is 3.29. The van der Waals surface area contributed by atoms with Crippen molar-refractivity contribution in [2.24, 2.45) is 0 Å². The minimum atomic E-state index is 0.0632. The van der Waals surface area contributed by atoms with Gasteiger partial charge in [0.15, 0.2) is 0 Å². The van der Waals surface area contributed by atoms with Gasteiger partial charge in [0, 0.05) is 11.6 Å². The topological polar surface area (TPSA) is 43.4 Å². The molecule has 0 aliphatic heterocycles. The number of methoxy groups -OCH3 is 2. The lowest BCUT2D eigenvalue weighted by molar-refractivity contribution is 0.390. The van der Waals surface area contributed by atoms with Crippen LogP contribution < -0.4 is 14.8 Å². The Morgan fingerprint density at radius 3 is 2.57 bits per heavy atom. The van der Waals surface area contributed by atoms with E-state index in [1.807, 2.05) is 31.2 Å². The summed E-state index contributed by atoms with van der Waals surface area (Å²) in [6.07, 6.45) is 1.72. The lowest BCUT2D eigenvalue weighted by atomic mass is 10.1. The molecule has 0 amide bonds. The fourth-order valence-corrected chi connectivity index (χ4v) is 2.24. The summed E-state index contributed by atoms with van der Waals surface area (Å²) in [6.45, 7) is 3.99. The zero-order chi connectivity index (χ0) is 15.4. The van der Waals surface area contributed by atoms with E-state index in [1.54, 1.807) is 20.4 Å². The van der Waals surface area contributed by atoms with E-state index >= 15 is 0 Å². The highest BCUT2D eigenvalue weighted by molar-refractivity contribution is 6.30. The minimum Gasteiger partial charge on any atom is -0.497 e. The molecule has 1 heterocycles. The number of aromatic nitrogens is 1. The van der Waals surface area contributed by atoms with Crippen LogP contribution in [0.15, 0.2) is 30.5 Å². The lowest BCUT2D eigenvalue weighted by Crippen LogP contribution is -2.08. The quantitative estimate of drug-likeness (QED) is 0.839. The van der Waals surface area contributed by atoms with Crippen LogP contribution in [0.3, 0.4) is 0 Å². The first-order valence-corrected chi connectivity index (χ1v) is 7.03. The van der Waals surface area contributed by atoms with Gasteiger partial charge in [0.1, 0.15) is 16.7 Å². The highest BCUT2D eigenvalue weighted by Gasteiger charge is 2.13. The molecule has 4 nitrogen and oxygen atoms in total. The highest BCUT2D eigenvalue weighted by Crippen LogP contribution is 2.31. The van der Waals surface area contributed by atoms with Crippen molar-refractivity contribution in [1.82, 2.24) is 4.98 Å². The van der Waals surface area contributed by atoms with Crippen LogP contribution in [0, 0.1) is 6.92 Å². The standard InChI is InChI=1S/C16H19ClN2O2/c1-10-7-12(9-18-16(10)17)19-11(2)14-6-5-13(20-3)8-15(14)21-4/h5-9,11,19H,1-4H3. The lowest BCUT2D eigenvalue weighted by Gasteiger charge is -2.19. The van der Waals surface area contributed by atoms with Crippen LogP contribution in [0.25, 0.3) is 0 Å². The molecule has 0 bridgehead atoms. The second-order valence-corrected chi connectivity index (χ2v) is 5.16. The van der Waals surface area contributed by atoms with Crippen molar-refractivity contribution in [3.63, 3.8) is 0 Å². The first-order valence-electron chi connectivity index (χ1n) is 6.65. The number of nitrogens with zero attached hydrogens (tertiary/aromatic N) is 1. The van der Waals surface area contributed by atoms with Gasteiger partial charge in [0.05, 0.1) is 32.1 Å². The zero-order valence-electron chi connectivity index (χ0n) is 12.6. The van der Waals surface area contributed by atoms with E-state index in [0.717, 1.165) is 28.3 Å². The third-order valence-corrected chi connectivity index (χ3v) is 3.70. The number of hydrogen-bond donors (Lipinski definition) is 1. The summed E-state index contributed by atoms with van der Waals surface area (Å²) in [5.74, 6) is 1.56. The van der Waals surface area contributed by atoms with Crippen molar-refractivity contribution in [3.05, 3.63) is 46.7 Å². The van der Waals surface area contributed by atoms with E-state index in [2.05, 4.69) is 17.2 Å². The average Bonchev–Trinajstić information content (AvgIpc) is 2.50. The minimum absolute atomic E-state index is 0.0632. The van der Waals surface area contributed by atoms with Crippen LogP contribution in [0.5, 0.6) is 11.5 Å². The molecule has 1 N–H and O–H groups in total. The zero-order valence-corrected chi connectivity index (χ0v) is 13.4. The molecule has 1 aromatic heterocycles. The van der Waals surface area contributed by atoms with E-state index in [9.17, 15) is 0 Å². The van der Waals surface area contributed by atoms with E-state index in [0.29, 0.717) is 5.15 Å². The summed E-state index contributed by atoms with van der Waals surface area (Å²) in [6, 6.07) is 7.82. The normalized spacial score (nSPS) is 11.9. The fraction of sp³-hybridized carbons (Fsp3) is 0.312. The molecule has 1 unspecified atom stereocenters. The first kappa shape index (κ1) is 15.4. The number of benzene rings is 1. The SMILES string of the molecule is COc1ccc(C(C)Nc2cnc(Cl)c(C)c2)c(OC)c1. The Morgan fingerprint density at radius 1 is 1.19 bits per heavy atom. The van der Waals surface area contributed by atoms with E-state index in [4.69, 9.17) is 21.1 Å². The van der Waals surface area contributed by atoms with Gasteiger partial charge in [0.2, 0.25) is 0 Å². The Morgan fingerprint density at radius 2 is 1.95 bits per heavy atom. The summed E-state index contributed by atoms with van der Waals surface area (Å²) in [5, 5.41) is 3.92. The van der Waals surface area contributed by atoms with Gasteiger partial charge in [-0.05, 0) is 37.6 Å². The molecule has 0 saturated carbocycles. The van der Waals surface area contributed by atoms with Crippen molar-refractivity contribution in [2.45, 2.75) is 19.9 Å². The number of anilines is 1. The maximum Gasteiger partial charge on any atom is 0.132 e. The molecular formula is C16H19ClN2O2. The predicted molar refractivity (Wildman–Crippen MR) is 85.6 cm³/mol. The second-order valence-electron chi connectivity index (χ2n) is 4.81. The van der Waals surface area contributed by atoms with Crippen molar-refractivity contribution in [3.8, 4) is 11.5 Å². The number of halogens is 1. The average molecular weight is 307 g/mol. The van der Waals surface area contributed by atoms with Gasteiger partial charge in [0.25, 0.3) is 0 Å². The molecule has 0 saturated heterocycles. The Bertz CT molecular complexity index is 632. The van der Waals surface area contributed by atoms with Crippen LogP contribution in [0.4, 0.5) is 5.69 Å². The molecule has 2 aromatic rings. The fourth-order valence-electron chi connectivity index (χ4n) is 2.14. The van der Waals surface area contributed by atoms with Crippen molar-refractivity contribution >= 4 is 17.3 Å². The monoisotopic (exact) mass is 306 g/mol. The molecule has 0 spiro atoms. The van der Waals surface area contributed by atoms with Crippen LogP contribution in [0.2, 0.25) is 5.15 Å². The Balaban J connectivity index is 2.23. The predicted octanol–water partition coefficient (Wildman–Crippen LogP) is 4.23. The molecule has 1 atom stereocenters. The van der Waals surface area contributed by atoms with E-state index < -0.39 is 0 Å². The highest BCUT2D eigenvalue weighted by atomic mass is 35.5. The second kappa shape index (κ2) is 6.68. The number of hydrogen-bond acceptors (Lipinski definition) is 4. The van der Waals surface area contributed by atoms with Gasteiger partial charge in [-0.2, -0.15) is 0 Å². The number of nitrogens with one attached hydrogen (secondary N) is 1. The third kappa shape index (κ3) is 3.58. The Labute approximate surface area is 130 Å². The summed E-state index contributed by atoms with van der Waals surface area (Å²) in [4.78, 5) is 4.15. The van der Waals surface area contributed by atoms with Crippen LogP contribution in [-0.2, 0) is 0 Å². The molecule has 112 valence electrons. The van der Waals surface area contributed by atoms with Gasteiger partial charge in [-0.15, -0.1) is 0 Å². The van der Waals surface area contributed by atoms with Crippen molar-refractivity contribution in [1.29, 1.82) is 0 Å². The maximum atomic E-state index is 5.94. The third-order valence-electron chi connectivity index (χ3n) is 3.30. The van der Waals surface area contributed by atoms with Crippen LogP contribution in [-0.4, -0.2) is 19.2 Å². The van der Waals surface area contributed by atoms with Gasteiger partial charge in [-0.3, -0.25) is 0 Å². The molecule has 0 aliphatic rings. The summed E-state index contributed by atoms with van der Waals surface area (Å²) in [5.41, 5.74) is 2.91. The molecule has 0 aliphatic carbocycles. The van der Waals surface area contributed by atoms with E-state index in [-0.39, 0.29) is 6.04 Å². The molecule has 5 heteroatoms. The van der Waals surface area contributed by atoms with Crippen molar-refractivity contribution in [2.75, 3.05) is 19.5 Å². The smallest absolute Gasteiger partial charge is 0.132 e. The van der Waals surface area contributed by atoms with E-state index in [1.165, 1.54) is 0 Å².